The molecule has 0 atom stereocenters. The van der Waals surface area contributed by atoms with Gasteiger partial charge in [0.2, 0.25) is 6.41 Å². The topological polar surface area (TPSA) is 32.8 Å². The van der Waals surface area contributed by atoms with Crippen molar-refractivity contribution < 1.29 is 9.53 Å². The molecule has 0 saturated carbocycles. The van der Waals surface area contributed by atoms with Crippen molar-refractivity contribution in [3.63, 3.8) is 0 Å². The summed E-state index contributed by atoms with van der Waals surface area (Å²) in [6.07, 6.45) is 0.927. The average Bonchev–Trinajstić information content (AvgIpc) is 2.57. The van der Waals surface area contributed by atoms with Gasteiger partial charge in [-0.15, -0.1) is 0 Å². The van der Waals surface area contributed by atoms with Crippen LogP contribution in [0.25, 0.3) is 0 Å². The molecule has 1 heterocycles. The van der Waals surface area contributed by atoms with Crippen molar-refractivity contribution in [2.45, 2.75) is 19.6 Å². The predicted octanol–water partition coefficient (Wildman–Crippen LogP) is 2.30. The zero-order chi connectivity index (χ0) is 15.5. The number of hydrogen-bond donors (Lipinski definition) is 1. The van der Waals surface area contributed by atoms with Crippen LogP contribution in [0.3, 0.4) is 0 Å². The highest BCUT2D eigenvalue weighted by Gasteiger charge is 2.14. The number of rotatable bonds is 6. The molecule has 0 bridgehead atoms. The van der Waals surface area contributed by atoms with E-state index in [-0.39, 0.29) is 0 Å². The van der Waals surface area contributed by atoms with E-state index in [4.69, 9.17) is 4.74 Å². The van der Waals surface area contributed by atoms with Crippen LogP contribution in [0.1, 0.15) is 19.4 Å². The van der Waals surface area contributed by atoms with Gasteiger partial charge in [-0.25, -0.2) is 0 Å². The van der Waals surface area contributed by atoms with E-state index in [2.05, 4.69) is 17.5 Å². The van der Waals surface area contributed by atoms with Crippen molar-refractivity contribution in [1.82, 2.24) is 9.80 Å². The van der Waals surface area contributed by atoms with Crippen LogP contribution in [0.2, 0.25) is 0 Å². The van der Waals surface area contributed by atoms with E-state index in [1.807, 2.05) is 43.0 Å². The Balaban J connectivity index is 0.00000106. The van der Waals surface area contributed by atoms with Crippen molar-refractivity contribution in [2.75, 3.05) is 39.3 Å². The van der Waals surface area contributed by atoms with Gasteiger partial charge in [0.05, 0.1) is 0 Å². The Morgan fingerprint density at radius 1 is 1.24 bits per heavy atom. The largest absolute Gasteiger partial charge is 0.492 e. The number of carbonyl (C=O) groups is 1. The standard InChI is InChI=1S/C14H20N2O2S.C2H6/c17-12-16-6-4-15(5-7-16)8-9-18-14-3-1-2-13(10-14)11-19;1-2/h1-3,10,12,19H,4-9,11H2;1-2H3. The van der Waals surface area contributed by atoms with E-state index >= 15 is 0 Å². The highest BCUT2D eigenvalue weighted by atomic mass is 32.1. The maximum absolute atomic E-state index is 10.6. The van der Waals surface area contributed by atoms with Gasteiger partial charge in [0, 0.05) is 38.5 Å². The van der Waals surface area contributed by atoms with E-state index in [1.54, 1.807) is 0 Å². The number of piperazine rings is 1. The van der Waals surface area contributed by atoms with Gasteiger partial charge in [-0.1, -0.05) is 26.0 Å². The second-order valence-electron chi connectivity index (χ2n) is 4.64. The summed E-state index contributed by atoms with van der Waals surface area (Å²) in [7, 11) is 0. The second-order valence-corrected chi connectivity index (χ2v) is 4.95. The minimum absolute atomic E-state index is 0.678. The number of ether oxygens (including phenoxy) is 1. The molecule has 1 aromatic carbocycles. The first-order valence-electron chi connectivity index (χ1n) is 7.56. The molecule has 1 aromatic rings. The lowest BCUT2D eigenvalue weighted by molar-refractivity contribution is -0.119. The maximum atomic E-state index is 10.6. The first kappa shape index (κ1) is 17.9. The highest BCUT2D eigenvalue weighted by Crippen LogP contribution is 2.14. The van der Waals surface area contributed by atoms with Crippen molar-refractivity contribution in [2.24, 2.45) is 0 Å². The molecule has 2 rings (SSSR count). The van der Waals surface area contributed by atoms with Gasteiger partial charge in [0.1, 0.15) is 12.4 Å². The average molecular weight is 310 g/mol. The monoisotopic (exact) mass is 310 g/mol. The Morgan fingerprint density at radius 2 is 1.95 bits per heavy atom. The fraction of sp³-hybridized carbons (Fsp3) is 0.562. The summed E-state index contributed by atoms with van der Waals surface area (Å²) in [6, 6.07) is 8.02. The molecule has 5 heteroatoms. The maximum Gasteiger partial charge on any atom is 0.209 e. The number of carbonyl (C=O) groups excluding carboxylic acids is 1. The summed E-state index contributed by atoms with van der Waals surface area (Å²) in [5.41, 5.74) is 1.17. The third-order valence-corrected chi connectivity index (χ3v) is 3.68. The predicted molar refractivity (Wildman–Crippen MR) is 90.1 cm³/mol. The molecule has 1 amide bonds. The molecule has 1 aliphatic rings. The second kappa shape index (κ2) is 10.5. The molecule has 0 unspecified atom stereocenters. The molecule has 0 aliphatic carbocycles. The van der Waals surface area contributed by atoms with E-state index in [9.17, 15) is 4.79 Å². The van der Waals surface area contributed by atoms with Gasteiger partial charge in [-0.2, -0.15) is 12.6 Å². The Labute approximate surface area is 133 Å². The van der Waals surface area contributed by atoms with E-state index < -0.39 is 0 Å². The van der Waals surface area contributed by atoms with Gasteiger partial charge in [-0.3, -0.25) is 9.69 Å². The molecule has 0 radical (unpaired) electrons. The number of benzene rings is 1. The fourth-order valence-electron chi connectivity index (χ4n) is 2.12. The Bertz CT molecular complexity index is 407. The Morgan fingerprint density at radius 3 is 2.57 bits per heavy atom. The number of amides is 1. The minimum Gasteiger partial charge on any atom is -0.492 e. The minimum atomic E-state index is 0.678. The smallest absolute Gasteiger partial charge is 0.209 e. The van der Waals surface area contributed by atoms with Crippen LogP contribution >= 0.6 is 12.6 Å². The fourth-order valence-corrected chi connectivity index (χ4v) is 2.32. The van der Waals surface area contributed by atoms with Crippen LogP contribution in [-0.2, 0) is 10.5 Å². The van der Waals surface area contributed by atoms with Crippen LogP contribution < -0.4 is 4.74 Å². The van der Waals surface area contributed by atoms with Crippen molar-refractivity contribution in [3.05, 3.63) is 29.8 Å². The van der Waals surface area contributed by atoms with Crippen LogP contribution in [-0.4, -0.2) is 55.5 Å². The van der Waals surface area contributed by atoms with Crippen LogP contribution in [0.4, 0.5) is 0 Å². The number of thiol groups is 1. The molecule has 1 aliphatic heterocycles. The molecule has 1 saturated heterocycles. The van der Waals surface area contributed by atoms with Gasteiger partial charge < -0.3 is 9.64 Å². The van der Waals surface area contributed by atoms with E-state index in [0.717, 1.165) is 50.6 Å². The van der Waals surface area contributed by atoms with Crippen molar-refractivity contribution in [1.29, 1.82) is 0 Å². The zero-order valence-corrected chi connectivity index (χ0v) is 13.9. The SMILES string of the molecule is CC.O=CN1CCN(CCOc2cccc(CS)c2)CC1. The van der Waals surface area contributed by atoms with Crippen LogP contribution in [0, 0.1) is 0 Å². The quantitative estimate of drug-likeness (QED) is 0.646. The third kappa shape index (κ3) is 6.40. The van der Waals surface area contributed by atoms with Gasteiger partial charge >= 0.3 is 0 Å². The summed E-state index contributed by atoms with van der Waals surface area (Å²) in [6.45, 7) is 9.07. The molecule has 21 heavy (non-hydrogen) atoms. The lowest BCUT2D eigenvalue weighted by Gasteiger charge is -2.32. The number of nitrogens with zero attached hydrogens (tertiary/aromatic N) is 2. The Hall–Kier alpha value is -1.20. The molecule has 0 spiro atoms. The van der Waals surface area contributed by atoms with Crippen molar-refractivity contribution >= 4 is 19.0 Å². The summed E-state index contributed by atoms with van der Waals surface area (Å²) in [5.74, 6) is 1.63. The zero-order valence-electron chi connectivity index (χ0n) is 13.0. The van der Waals surface area contributed by atoms with Crippen LogP contribution in [0.15, 0.2) is 24.3 Å². The number of hydrogen-bond acceptors (Lipinski definition) is 4. The molecular formula is C16H26N2O2S. The van der Waals surface area contributed by atoms with Crippen molar-refractivity contribution in [3.8, 4) is 5.75 Å². The van der Waals surface area contributed by atoms with Gasteiger partial charge in [0.25, 0.3) is 0 Å². The Kier molecular flexibility index (Phi) is 8.94. The third-order valence-electron chi connectivity index (χ3n) is 3.31. The van der Waals surface area contributed by atoms with E-state index in [1.165, 1.54) is 5.56 Å². The summed E-state index contributed by atoms with van der Waals surface area (Å²) >= 11 is 4.25. The highest BCUT2D eigenvalue weighted by molar-refractivity contribution is 7.79. The van der Waals surface area contributed by atoms with Gasteiger partial charge in [-0.05, 0) is 17.7 Å². The lowest BCUT2D eigenvalue weighted by atomic mass is 10.2. The van der Waals surface area contributed by atoms with Crippen LogP contribution in [0.5, 0.6) is 5.75 Å². The van der Waals surface area contributed by atoms with E-state index in [0.29, 0.717) is 6.61 Å². The lowest BCUT2D eigenvalue weighted by Crippen LogP contribution is -2.46. The molecule has 118 valence electrons. The first-order valence-corrected chi connectivity index (χ1v) is 8.19. The first-order chi connectivity index (χ1) is 10.3. The molecular weight excluding hydrogens is 284 g/mol. The summed E-state index contributed by atoms with van der Waals surface area (Å²) in [4.78, 5) is 14.7. The van der Waals surface area contributed by atoms with Gasteiger partial charge in [0.15, 0.2) is 0 Å². The molecule has 4 nitrogen and oxygen atoms in total. The summed E-state index contributed by atoms with van der Waals surface area (Å²) < 4.78 is 5.75. The normalized spacial score (nSPS) is 15.1. The summed E-state index contributed by atoms with van der Waals surface area (Å²) in [5, 5.41) is 0. The molecule has 0 aromatic heterocycles. The molecule has 1 fully saturated rings. The molecule has 0 N–H and O–H groups in total.